The molecular formula is C12H9N4O6S. The second-order valence-corrected chi connectivity index (χ2v) is 4.85. The molecule has 0 bridgehead atoms. The second kappa shape index (κ2) is 6.70. The largest absolute Gasteiger partial charge is 0.504 e. The predicted octanol–water partition coefficient (Wildman–Crippen LogP) is 0.188. The summed E-state index contributed by atoms with van der Waals surface area (Å²) < 4.78 is 3.72. The number of aromatic hydroxyl groups is 2. The Labute approximate surface area is 132 Å². The molecule has 2 rings (SSSR count). The number of hydrogen-bond donors (Lipinski definition) is 4. The van der Waals surface area contributed by atoms with Crippen LogP contribution >= 0.6 is 11.5 Å². The monoisotopic (exact) mass is 337 g/mol. The molecule has 0 saturated heterocycles. The highest BCUT2D eigenvalue weighted by Crippen LogP contribution is 2.29. The number of nitrogens with two attached hydrogens (primary N) is 1. The number of aromatic nitrogens is 2. The zero-order valence-corrected chi connectivity index (χ0v) is 12.0. The SMILES string of the molecule is Nc1nc(/C([C]=O)=N\OC(C(=O)O)c2ccc(O)c(O)c2)ns1. The van der Waals surface area contributed by atoms with E-state index in [1.165, 1.54) is 12.4 Å². The molecule has 0 amide bonds. The Morgan fingerprint density at radius 2 is 2.13 bits per heavy atom. The summed E-state index contributed by atoms with van der Waals surface area (Å²) in [6.45, 7) is 0. The van der Waals surface area contributed by atoms with Crippen LogP contribution in [0.15, 0.2) is 23.4 Å². The molecule has 23 heavy (non-hydrogen) atoms. The van der Waals surface area contributed by atoms with Crippen molar-refractivity contribution >= 4 is 34.6 Å². The number of nitrogens with zero attached hydrogens (tertiary/aromatic N) is 3. The molecule has 2 aromatic rings. The summed E-state index contributed by atoms with van der Waals surface area (Å²) in [6, 6.07) is 3.29. The topological polar surface area (TPSA) is 168 Å². The highest BCUT2D eigenvalue weighted by molar-refractivity contribution is 7.09. The van der Waals surface area contributed by atoms with E-state index in [9.17, 15) is 19.8 Å². The lowest BCUT2D eigenvalue weighted by molar-refractivity contribution is -0.150. The van der Waals surface area contributed by atoms with Gasteiger partial charge in [-0.15, -0.1) is 0 Å². The molecule has 1 heterocycles. The summed E-state index contributed by atoms with van der Waals surface area (Å²) in [7, 11) is 0. The van der Waals surface area contributed by atoms with Gasteiger partial charge >= 0.3 is 5.97 Å². The van der Waals surface area contributed by atoms with Gasteiger partial charge in [-0.25, -0.2) is 4.79 Å². The van der Waals surface area contributed by atoms with Gasteiger partial charge in [0.2, 0.25) is 11.9 Å². The van der Waals surface area contributed by atoms with Crippen molar-refractivity contribution in [1.82, 2.24) is 9.36 Å². The van der Waals surface area contributed by atoms with Crippen molar-refractivity contribution in [2.45, 2.75) is 6.10 Å². The summed E-state index contributed by atoms with van der Waals surface area (Å²) in [5, 5.41) is 31.2. The molecular weight excluding hydrogens is 328 g/mol. The number of hydrogen-bond acceptors (Lipinski definition) is 10. The molecule has 0 aliphatic rings. The summed E-state index contributed by atoms with van der Waals surface area (Å²) in [4.78, 5) is 30.6. The number of benzene rings is 1. The highest BCUT2D eigenvalue weighted by atomic mass is 32.1. The number of carboxylic acid groups (broad SMARTS) is 1. The van der Waals surface area contributed by atoms with E-state index in [4.69, 9.17) is 15.7 Å². The van der Waals surface area contributed by atoms with Gasteiger partial charge in [-0.05, 0) is 12.1 Å². The third kappa shape index (κ3) is 3.71. The number of phenols is 2. The van der Waals surface area contributed by atoms with E-state index in [1.807, 2.05) is 0 Å². The first-order valence-corrected chi connectivity index (χ1v) is 6.66. The fraction of sp³-hybridized carbons (Fsp3) is 0.0833. The van der Waals surface area contributed by atoms with Gasteiger partial charge in [0.25, 0.3) is 6.29 Å². The van der Waals surface area contributed by atoms with Crippen LogP contribution in [0.2, 0.25) is 0 Å². The van der Waals surface area contributed by atoms with Gasteiger partial charge in [-0.1, -0.05) is 11.2 Å². The normalized spacial score (nSPS) is 12.6. The van der Waals surface area contributed by atoms with Crippen LogP contribution in [-0.2, 0) is 14.4 Å². The highest BCUT2D eigenvalue weighted by Gasteiger charge is 2.24. The van der Waals surface area contributed by atoms with Crippen LogP contribution in [0.1, 0.15) is 17.5 Å². The van der Waals surface area contributed by atoms with Crippen molar-refractivity contribution in [2.24, 2.45) is 5.16 Å². The number of oxime groups is 1. The fourth-order valence-electron chi connectivity index (χ4n) is 1.49. The summed E-state index contributed by atoms with van der Waals surface area (Å²) in [6.07, 6.45) is -0.221. The maximum Gasteiger partial charge on any atom is 0.352 e. The molecule has 1 aromatic carbocycles. The van der Waals surface area contributed by atoms with E-state index in [0.717, 1.165) is 23.7 Å². The van der Waals surface area contributed by atoms with Gasteiger partial charge in [0.15, 0.2) is 22.3 Å². The van der Waals surface area contributed by atoms with E-state index in [2.05, 4.69) is 14.5 Å². The quantitative estimate of drug-likeness (QED) is 0.326. The zero-order chi connectivity index (χ0) is 17.0. The van der Waals surface area contributed by atoms with Crippen molar-refractivity contribution in [1.29, 1.82) is 0 Å². The van der Waals surface area contributed by atoms with Crippen molar-refractivity contribution in [3.63, 3.8) is 0 Å². The molecule has 1 unspecified atom stereocenters. The lowest BCUT2D eigenvalue weighted by Crippen LogP contribution is -2.15. The van der Waals surface area contributed by atoms with Crippen LogP contribution in [0.25, 0.3) is 0 Å². The molecule has 1 radical (unpaired) electrons. The van der Waals surface area contributed by atoms with E-state index in [0.29, 0.717) is 0 Å². The number of nitrogen functional groups attached to an aromatic ring is 1. The molecule has 0 aliphatic heterocycles. The Morgan fingerprint density at radius 3 is 2.65 bits per heavy atom. The maximum atomic E-state index is 11.3. The molecule has 0 fully saturated rings. The standard InChI is InChI=1S/C12H9N4O6S/c13-12-14-10(16-23-12)6(4-17)15-22-9(11(20)21)5-1-2-7(18)8(19)3-5/h1-3,9,18-19H,(H,20,21)(H2,13,14,16)/b15-6-. The molecule has 119 valence electrons. The molecule has 10 nitrogen and oxygen atoms in total. The number of carbonyl (C=O) groups excluding carboxylic acids is 1. The average molecular weight is 337 g/mol. The number of rotatable bonds is 6. The van der Waals surface area contributed by atoms with E-state index < -0.39 is 29.3 Å². The number of carboxylic acids is 1. The lowest BCUT2D eigenvalue weighted by Gasteiger charge is -2.11. The maximum absolute atomic E-state index is 11.3. The number of phenolic OH excluding ortho intramolecular Hbond substituents is 2. The number of carbonyl (C=O) groups is 1. The van der Waals surface area contributed by atoms with Crippen LogP contribution in [0.5, 0.6) is 11.5 Å². The molecule has 0 aliphatic carbocycles. The number of anilines is 1. The van der Waals surface area contributed by atoms with Gasteiger partial charge in [0, 0.05) is 17.1 Å². The Bertz CT molecular complexity index is 775. The van der Waals surface area contributed by atoms with Crippen LogP contribution < -0.4 is 5.73 Å². The minimum Gasteiger partial charge on any atom is -0.504 e. The van der Waals surface area contributed by atoms with E-state index >= 15 is 0 Å². The Hall–Kier alpha value is -3.21. The first-order chi connectivity index (χ1) is 10.9. The van der Waals surface area contributed by atoms with Gasteiger partial charge < -0.3 is 25.9 Å². The van der Waals surface area contributed by atoms with Crippen molar-refractivity contribution in [2.75, 3.05) is 5.73 Å². The molecule has 1 atom stereocenters. The first kappa shape index (κ1) is 16.2. The van der Waals surface area contributed by atoms with Crippen molar-refractivity contribution in [3.8, 4) is 11.5 Å². The average Bonchev–Trinajstić information content (AvgIpc) is 2.93. The van der Waals surface area contributed by atoms with Crippen molar-refractivity contribution in [3.05, 3.63) is 29.6 Å². The Morgan fingerprint density at radius 1 is 1.39 bits per heavy atom. The molecule has 1 aromatic heterocycles. The third-order valence-corrected chi connectivity index (χ3v) is 3.07. The van der Waals surface area contributed by atoms with Gasteiger partial charge in [-0.2, -0.15) is 9.36 Å². The second-order valence-electron chi connectivity index (χ2n) is 4.07. The third-order valence-electron chi connectivity index (χ3n) is 2.53. The smallest absolute Gasteiger partial charge is 0.352 e. The van der Waals surface area contributed by atoms with Crippen LogP contribution in [0.4, 0.5) is 5.13 Å². The molecule has 5 N–H and O–H groups in total. The van der Waals surface area contributed by atoms with Gasteiger partial charge in [-0.3, -0.25) is 4.79 Å². The summed E-state index contributed by atoms with van der Waals surface area (Å²) in [5.74, 6) is -2.54. The minimum absolute atomic E-state index is 0.00690. The summed E-state index contributed by atoms with van der Waals surface area (Å²) in [5.41, 5.74) is 4.90. The predicted molar refractivity (Wildman–Crippen MR) is 77.8 cm³/mol. The van der Waals surface area contributed by atoms with E-state index in [-0.39, 0.29) is 16.5 Å². The minimum atomic E-state index is -1.64. The van der Waals surface area contributed by atoms with Gasteiger partial charge in [0.05, 0.1) is 0 Å². The summed E-state index contributed by atoms with van der Waals surface area (Å²) >= 11 is 0.813. The number of aliphatic carboxylic acids is 1. The van der Waals surface area contributed by atoms with Gasteiger partial charge in [0.1, 0.15) is 0 Å². The fourth-order valence-corrected chi connectivity index (χ4v) is 1.93. The van der Waals surface area contributed by atoms with Crippen molar-refractivity contribution < 1.29 is 29.7 Å². The van der Waals surface area contributed by atoms with Crippen LogP contribution in [0.3, 0.4) is 0 Å². The molecule has 0 spiro atoms. The zero-order valence-electron chi connectivity index (χ0n) is 11.2. The molecule has 11 heteroatoms. The Balaban J connectivity index is 2.28. The molecule has 0 saturated carbocycles. The van der Waals surface area contributed by atoms with E-state index in [1.54, 1.807) is 0 Å². The first-order valence-electron chi connectivity index (χ1n) is 5.88. The lowest BCUT2D eigenvalue weighted by atomic mass is 10.1. The van der Waals surface area contributed by atoms with Crippen LogP contribution in [-0.4, -0.2) is 42.6 Å². The van der Waals surface area contributed by atoms with Crippen LogP contribution in [0, 0.1) is 0 Å². The Kier molecular flexibility index (Phi) is 4.71.